The minimum absolute atomic E-state index is 0.265. The van der Waals surface area contributed by atoms with Gasteiger partial charge in [-0.2, -0.15) is 0 Å². The van der Waals surface area contributed by atoms with E-state index in [1.54, 1.807) is 29.7 Å². The Labute approximate surface area is 166 Å². The van der Waals surface area contributed by atoms with Crippen molar-refractivity contribution in [2.45, 2.75) is 25.7 Å². The smallest absolute Gasteiger partial charge is 0.207 e. The van der Waals surface area contributed by atoms with Crippen molar-refractivity contribution in [3.63, 3.8) is 0 Å². The van der Waals surface area contributed by atoms with Gasteiger partial charge in [-0.05, 0) is 43.9 Å². The van der Waals surface area contributed by atoms with Crippen molar-refractivity contribution in [3.05, 3.63) is 71.1 Å². The van der Waals surface area contributed by atoms with Gasteiger partial charge in [0.05, 0.1) is 9.80 Å². The Balaban J connectivity index is 2.46. The van der Waals surface area contributed by atoms with Gasteiger partial charge < -0.3 is 4.90 Å². The topological polar surface area (TPSA) is 37.4 Å². The van der Waals surface area contributed by atoms with Gasteiger partial charge in [0, 0.05) is 13.1 Å². The van der Waals surface area contributed by atoms with Crippen LogP contribution >= 0.6 is 24.0 Å². The second-order valence-corrected chi connectivity index (χ2v) is 9.14. The molecule has 0 bridgehead atoms. The molecule has 0 saturated heterocycles. The zero-order valence-electron chi connectivity index (χ0n) is 15.2. The van der Waals surface area contributed by atoms with E-state index in [4.69, 9.17) is 12.2 Å². The third-order valence-corrected chi connectivity index (χ3v) is 7.30. The van der Waals surface area contributed by atoms with E-state index in [0.717, 1.165) is 18.7 Å². The van der Waals surface area contributed by atoms with E-state index in [2.05, 4.69) is 0 Å². The second kappa shape index (κ2) is 9.35. The molecule has 26 heavy (non-hydrogen) atoms. The lowest BCUT2D eigenvalue weighted by Gasteiger charge is -2.20. The molecule has 0 N–H and O–H groups in total. The zero-order valence-corrected chi connectivity index (χ0v) is 17.6. The van der Waals surface area contributed by atoms with E-state index in [-0.39, 0.29) is 9.80 Å². The number of nitrogens with zero attached hydrogens (tertiary/aromatic N) is 1. The van der Waals surface area contributed by atoms with Gasteiger partial charge in [-0.3, -0.25) is 0 Å². The van der Waals surface area contributed by atoms with E-state index in [9.17, 15) is 8.42 Å². The van der Waals surface area contributed by atoms with Gasteiger partial charge in [-0.15, -0.1) is 0 Å². The highest BCUT2D eigenvalue weighted by molar-refractivity contribution is 8.25. The van der Waals surface area contributed by atoms with Crippen molar-refractivity contribution >= 4 is 43.0 Å². The highest BCUT2D eigenvalue weighted by atomic mass is 32.2. The first kappa shape index (κ1) is 20.7. The first-order chi connectivity index (χ1) is 12.4. The Kier molecular flexibility index (Phi) is 7.43. The van der Waals surface area contributed by atoms with Crippen molar-refractivity contribution < 1.29 is 8.42 Å². The summed E-state index contributed by atoms with van der Waals surface area (Å²) in [4.78, 5) is 2.58. The first-order valence-electron chi connectivity index (χ1n) is 8.43. The molecule has 0 unspecified atom stereocenters. The van der Waals surface area contributed by atoms with E-state index in [1.165, 1.54) is 11.8 Å². The fourth-order valence-electron chi connectivity index (χ4n) is 2.39. The van der Waals surface area contributed by atoms with Crippen LogP contribution < -0.4 is 0 Å². The summed E-state index contributed by atoms with van der Waals surface area (Å²) in [7, 11) is -3.64. The predicted octanol–water partition coefficient (Wildman–Crippen LogP) is 5.13. The summed E-state index contributed by atoms with van der Waals surface area (Å²) in [5.41, 5.74) is 1.68. The number of thiocarbonyl (C=S) groups is 1. The molecule has 0 aliphatic heterocycles. The van der Waals surface area contributed by atoms with Crippen LogP contribution in [0.5, 0.6) is 0 Å². The Hall–Kier alpha value is -1.63. The van der Waals surface area contributed by atoms with E-state index in [1.807, 2.05) is 56.0 Å². The molecule has 2 rings (SSSR count). The zero-order chi connectivity index (χ0) is 19.2. The maximum Gasteiger partial charge on any atom is 0.207 e. The third kappa shape index (κ3) is 4.96. The molecule has 6 heteroatoms. The van der Waals surface area contributed by atoms with Crippen LogP contribution in [0.2, 0.25) is 0 Å². The van der Waals surface area contributed by atoms with Gasteiger partial charge >= 0.3 is 0 Å². The van der Waals surface area contributed by atoms with Crippen LogP contribution in [0, 0.1) is 6.92 Å². The standard InChI is InChI=1S/C20H23NO2S3/c1-4-21(5-2)20(24)25-15-19(17-9-7-6-8-10-17)26(22,23)18-13-11-16(3)12-14-18/h6-15H,4-5H2,1-3H3/b19-15-. The molecule has 0 amide bonds. The van der Waals surface area contributed by atoms with Crippen molar-refractivity contribution in [1.82, 2.24) is 4.90 Å². The molecule has 0 fully saturated rings. The quantitative estimate of drug-likeness (QED) is 0.623. The molecule has 0 atom stereocenters. The van der Waals surface area contributed by atoms with Crippen molar-refractivity contribution in [3.8, 4) is 0 Å². The lowest BCUT2D eigenvalue weighted by atomic mass is 10.2. The average Bonchev–Trinajstić information content (AvgIpc) is 2.64. The summed E-state index contributed by atoms with van der Waals surface area (Å²) >= 11 is 6.73. The van der Waals surface area contributed by atoms with Crippen molar-refractivity contribution in [1.29, 1.82) is 0 Å². The highest BCUT2D eigenvalue weighted by Gasteiger charge is 2.22. The Morgan fingerprint density at radius 2 is 1.62 bits per heavy atom. The first-order valence-corrected chi connectivity index (χ1v) is 11.2. The van der Waals surface area contributed by atoms with Crippen LogP contribution in [0.15, 0.2) is 64.9 Å². The molecular weight excluding hydrogens is 382 g/mol. The number of rotatable bonds is 6. The highest BCUT2D eigenvalue weighted by Crippen LogP contribution is 2.31. The fourth-order valence-corrected chi connectivity index (χ4v) is 5.39. The second-order valence-electron chi connectivity index (χ2n) is 5.72. The minimum Gasteiger partial charge on any atom is -0.358 e. The minimum atomic E-state index is -3.64. The lowest BCUT2D eigenvalue weighted by molar-refractivity contribution is 0.482. The Bertz CT molecular complexity index is 869. The molecule has 2 aromatic rings. The van der Waals surface area contributed by atoms with Gasteiger partial charge in [0.2, 0.25) is 9.84 Å². The van der Waals surface area contributed by atoms with E-state index < -0.39 is 9.84 Å². The van der Waals surface area contributed by atoms with Crippen LogP contribution in [0.25, 0.3) is 4.91 Å². The molecule has 0 aromatic heterocycles. The molecule has 0 radical (unpaired) electrons. The Morgan fingerprint density at radius 1 is 1.04 bits per heavy atom. The molecule has 3 nitrogen and oxygen atoms in total. The molecule has 138 valence electrons. The summed E-state index contributed by atoms with van der Waals surface area (Å²) in [5.74, 6) is 0. The number of hydrogen-bond donors (Lipinski definition) is 0. The molecule has 0 saturated carbocycles. The van der Waals surface area contributed by atoms with Crippen LogP contribution in [0.3, 0.4) is 0 Å². The van der Waals surface area contributed by atoms with Gasteiger partial charge in [0.25, 0.3) is 0 Å². The summed E-state index contributed by atoms with van der Waals surface area (Å²) in [6.45, 7) is 7.58. The monoisotopic (exact) mass is 405 g/mol. The number of thioether (sulfide) groups is 1. The number of benzene rings is 2. The summed E-state index contributed by atoms with van der Waals surface area (Å²) < 4.78 is 27.1. The SMILES string of the molecule is CCN(CC)C(=S)S/C=C(/c1ccccc1)S(=O)(=O)c1ccc(C)cc1. The third-order valence-electron chi connectivity index (χ3n) is 3.97. The average molecular weight is 406 g/mol. The molecule has 0 aliphatic carbocycles. The summed E-state index contributed by atoms with van der Waals surface area (Å²) in [5, 5.41) is 1.66. The van der Waals surface area contributed by atoms with Crippen LogP contribution in [0.4, 0.5) is 0 Å². The predicted molar refractivity (Wildman–Crippen MR) is 116 cm³/mol. The molecule has 0 spiro atoms. The van der Waals surface area contributed by atoms with Crippen LogP contribution in [-0.4, -0.2) is 30.7 Å². The molecular formula is C20H23NO2S3. The molecule has 2 aromatic carbocycles. The van der Waals surface area contributed by atoms with Gasteiger partial charge in [-0.25, -0.2) is 8.42 Å². The van der Waals surface area contributed by atoms with E-state index in [0.29, 0.717) is 9.88 Å². The summed E-state index contributed by atoms with van der Waals surface area (Å²) in [6.07, 6.45) is 0. The largest absolute Gasteiger partial charge is 0.358 e. The van der Waals surface area contributed by atoms with Gasteiger partial charge in [0.1, 0.15) is 4.32 Å². The van der Waals surface area contributed by atoms with Gasteiger partial charge in [0.15, 0.2) is 0 Å². The van der Waals surface area contributed by atoms with Crippen LogP contribution in [0.1, 0.15) is 25.0 Å². The van der Waals surface area contributed by atoms with E-state index >= 15 is 0 Å². The maximum atomic E-state index is 13.2. The number of hydrogen-bond acceptors (Lipinski definition) is 4. The van der Waals surface area contributed by atoms with Crippen molar-refractivity contribution in [2.24, 2.45) is 0 Å². The van der Waals surface area contributed by atoms with Crippen LogP contribution in [-0.2, 0) is 9.84 Å². The van der Waals surface area contributed by atoms with Crippen molar-refractivity contribution in [2.75, 3.05) is 13.1 Å². The normalized spacial score (nSPS) is 12.0. The lowest BCUT2D eigenvalue weighted by Crippen LogP contribution is -2.26. The summed E-state index contributed by atoms with van der Waals surface area (Å²) in [6, 6.07) is 16.1. The number of aryl methyl sites for hydroxylation is 1. The maximum absolute atomic E-state index is 13.2. The van der Waals surface area contributed by atoms with Gasteiger partial charge in [-0.1, -0.05) is 72.0 Å². The Morgan fingerprint density at radius 3 is 2.15 bits per heavy atom. The fraction of sp³-hybridized carbons (Fsp3) is 0.250. The molecule has 0 heterocycles. The number of sulfone groups is 1. The molecule has 0 aliphatic rings.